The molecular weight excluding hydrogens is 254 g/mol. The molecule has 0 aliphatic heterocycles. The first-order valence-electron chi connectivity index (χ1n) is 6.70. The molecule has 0 radical (unpaired) electrons. The summed E-state index contributed by atoms with van der Waals surface area (Å²) in [6.07, 6.45) is -0.172. The maximum Gasteiger partial charge on any atom is 0.419 e. The molecule has 0 saturated carbocycles. The van der Waals surface area contributed by atoms with E-state index in [-0.39, 0.29) is 5.78 Å². The molecule has 0 saturated heterocycles. The smallest absolute Gasteiger partial charge is 0.419 e. The predicted molar refractivity (Wildman–Crippen MR) is 78.2 cm³/mol. The molecule has 1 aromatic heterocycles. The van der Waals surface area contributed by atoms with Gasteiger partial charge in [-0.3, -0.25) is 4.79 Å². The lowest BCUT2D eigenvalue weighted by Crippen LogP contribution is -2.28. The van der Waals surface area contributed by atoms with E-state index in [1.165, 1.54) is 4.57 Å². The molecule has 0 N–H and O–H groups in total. The maximum atomic E-state index is 12.4. The van der Waals surface area contributed by atoms with Gasteiger partial charge in [-0.05, 0) is 32.9 Å². The Bertz CT molecular complexity index is 662. The van der Waals surface area contributed by atoms with Crippen LogP contribution in [0.1, 0.15) is 44.6 Å². The zero-order chi connectivity index (χ0) is 14.9. The van der Waals surface area contributed by atoms with Crippen LogP contribution in [0, 0.1) is 0 Å². The number of nitrogens with zero attached hydrogens (tertiary/aromatic N) is 1. The van der Waals surface area contributed by atoms with Crippen molar-refractivity contribution in [3.63, 3.8) is 0 Å². The molecule has 0 fully saturated rings. The van der Waals surface area contributed by atoms with Crippen molar-refractivity contribution in [1.29, 1.82) is 0 Å². The molecule has 1 aromatic carbocycles. The number of rotatable bonds is 2. The van der Waals surface area contributed by atoms with E-state index in [1.807, 2.05) is 24.3 Å². The van der Waals surface area contributed by atoms with Crippen LogP contribution in [0.3, 0.4) is 0 Å². The number of hydrogen-bond donors (Lipinski definition) is 0. The van der Waals surface area contributed by atoms with Gasteiger partial charge in [-0.15, -0.1) is 0 Å². The van der Waals surface area contributed by atoms with Gasteiger partial charge in [0, 0.05) is 11.8 Å². The lowest BCUT2D eigenvalue weighted by molar-refractivity contribution is 0.0535. The maximum absolute atomic E-state index is 12.4. The Balaban J connectivity index is 2.59. The molecule has 2 rings (SSSR count). The van der Waals surface area contributed by atoms with Gasteiger partial charge in [0.1, 0.15) is 5.60 Å². The molecule has 0 amide bonds. The second-order valence-corrected chi connectivity index (χ2v) is 5.68. The molecule has 4 nitrogen and oxygen atoms in total. The molecule has 0 spiro atoms. The van der Waals surface area contributed by atoms with Gasteiger partial charge >= 0.3 is 6.09 Å². The Morgan fingerprint density at radius 1 is 1.20 bits per heavy atom. The quantitative estimate of drug-likeness (QED) is 0.776. The molecule has 0 aliphatic rings. The minimum absolute atomic E-state index is 0.0768. The highest BCUT2D eigenvalue weighted by Crippen LogP contribution is 2.22. The summed E-state index contributed by atoms with van der Waals surface area (Å²) in [4.78, 5) is 24.4. The highest BCUT2D eigenvalue weighted by molar-refractivity contribution is 6.04. The largest absolute Gasteiger partial charge is 0.443 e. The molecular formula is C16H19NO3. The van der Waals surface area contributed by atoms with Crippen LogP contribution in [0.15, 0.2) is 30.3 Å². The highest BCUT2D eigenvalue weighted by Gasteiger charge is 2.24. The van der Waals surface area contributed by atoms with Crippen LogP contribution >= 0.6 is 0 Å². The van der Waals surface area contributed by atoms with Crippen molar-refractivity contribution in [2.24, 2.45) is 0 Å². The Hall–Kier alpha value is -2.10. The first-order valence-corrected chi connectivity index (χ1v) is 6.70. The third-order valence-corrected chi connectivity index (χ3v) is 2.89. The summed E-state index contributed by atoms with van der Waals surface area (Å²) in [5, 5.41) is 0.857. The number of carbonyl (C=O) groups is 2. The normalized spacial score (nSPS) is 11.6. The van der Waals surface area contributed by atoms with Crippen molar-refractivity contribution in [1.82, 2.24) is 4.57 Å². The fourth-order valence-electron chi connectivity index (χ4n) is 2.05. The predicted octanol–water partition coefficient (Wildman–Crippen LogP) is 4.02. The number of aromatic nitrogens is 1. The number of carbonyl (C=O) groups excluding carboxylic acids is 2. The number of hydrogen-bond acceptors (Lipinski definition) is 3. The highest BCUT2D eigenvalue weighted by atomic mass is 16.6. The van der Waals surface area contributed by atoms with E-state index < -0.39 is 11.7 Å². The van der Waals surface area contributed by atoms with Gasteiger partial charge < -0.3 is 4.74 Å². The number of benzene rings is 1. The lowest BCUT2D eigenvalue weighted by atomic mass is 10.2. The lowest BCUT2D eigenvalue weighted by Gasteiger charge is -2.20. The fourth-order valence-corrected chi connectivity index (χ4v) is 2.05. The van der Waals surface area contributed by atoms with Crippen LogP contribution in [-0.4, -0.2) is 22.0 Å². The van der Waals surface area contributed by atoms with Crippen molar-refractivity contribution >= 4 is 22.8 Å². The third-order valence-electron chi connectivity index (χ3n) is 2.89. The summed E-state index contributed by atoms with van der Waals surface area (Å²) < 4.78 is 6.76. The Morgan fingerprint density at radius 2 is 1.85 bits per heavy atom. The van der Waals surface area contributed by atoms with E-state index in [0.717, 1.165) is 5.39 Å². The van der Waals surface area contributed by atoms with Crippen LogP contribution in [0.5, 0.6) is 0 Å². The molecule has 0 aliphatic carbocycles. The minimum atomic E-state index is -0.602. The minimum Gasteiger partial charge on any atom is -0.443 e. The van der Waals surface area contributed by atoms with Gasteiger partial charge in [0.25, 0.3) is 0 Å². The van der Waals surface area contributed by atoms with Gasteiger partial charge in [-0.25, -0.2) is 9.36 Å². The van der Waals surface area contributed by atoms with Gasteiger partial charge in [-0.1, -0.05) is 25.1 Å². The van der Waals surface area contributed by atoms with Crippen molar-refractivity contribution in [3.8, 4) is 0 Å². The van der Waals surface area contributed by atoms with Crippen LogP contribution in [0.4, 0.5) is 4.79 Å². The second-order valence-electron chi connectivity index (χ2n) is 5.68. The topological polar surface area (TPSA) is 48.3 Å². The van der Waals surface area contributed by atoms with E-state index in [9.17, 15) is 9.59 Å². The number of Topliss-reactive ketones (excluding diaryl/α,β-unsaturated/α-hetero) is 1. The van der Waals surface area contributed by atoms with Gasteiger partial charge in [0.05, 0.1) is 11.2 Å². The van der Waals surface area contributed by atoms with Crippen molar-refractivity contribution < 1.29 is 14.3 Å². The molecule has 0 atom stereocenters. The van der Waals surface area contributed by atoms with Crippen LogP contribution in [-0.2, 0) is 4.74 Å². The summed E-state index contributed by atoms with van der Waals surface area (Å²) in [6.45, 7) is 7.19. The number of ketones is 1. The molecule has 0 bridgehead atoms. The average molecular weight is 273 g/mol. The summed E-state index contributed by atoms with van der Waals surface area (Å²) in [5.41, 5.74) is 0.469. The Morgan fingerprint density at radius 3 is 2.45 bits per heavy atom. The number of fused-ring (bicyclic) bond motifs is 1. The zero-order valence-electron chi connectivity index (χ0n) is 12.3. The van der Waals surface area contributed by atoms with Crippen LogP contribution < -0.4 is 0 Å². The summed E-state index contributed by atoms with van der Waals surface area (Å²) in [7, 11) is 0. The van der Waals surface area contributed by atoms with E-state index >= 15 is 0 Å². The van der Waals surface area contributed by atoms with E-state index in [1.54, 1.807) is 33.8 Å². The molecule has 20 heavy (non-hydrogen) atoms. The van der Waals surface area contributed by atoms with E-state index in [4.69, 9.17) is 4.74 Å². The first kappa shape index (κ1) is 14.3. The molecule has 1 heterocycles. The third kappa shape index (κ3) is 2.74. The van der Waals surface area contributed by atoms with Crippen molar-refractivity contribution in [2.75, 3.05) is 0 Å². The molecule has 106 valence electrons. The molecule has 0 unspecified atom stereocenters. The SMILES string of the molecule is CCC(=O)c1cc2ccccc2n1C(=O)OC(C)(C)C. The van der Waals surface area contributed by atoms with Crippen LogP contribution in [0.25, 0.3) is 10.9 Å². The average Bonchev–Trinajstić information content (AvgIpc) is 2.75. The summed E-state index contributed by atoms with van der Waals surface area (Å²) >= 11 is 0. The monoisotopic (exact) mass is 273 g/mol. The van der Waals surface area contributed by atoms with E-state index in [2.05, 4.69) is 0 Å². The number of ether oxygens (including phenoxy) is 1. The van der Waals surface area contributed by atoms with E-state index in [0.29, 0.717) is 17.6 Å². The summed E-state index contributed by atoms with van der Waals surface area (Å²) in [5.74, 6) is -0.0768. The standard InChI is InChI=1S/C16H19NO3/c1-5-14(18)13-10-11-8-6-7-9-12(11)17(13)15(19)20-16(2,3)4/h6-10H,5H2,1-4H3. The number of para-hydroxylation sites is 1. The Kier molecular flexibility index (Phi) is 3.66. The molecule has 4 heteroatoms. The summed E-state index contributed by atoms with van der Waals surface area (Å²) in [6, 6.07) is 9.14. The second kappa shape index (κ2) is 5.12. The fraction of sp³-hybridized carbons (Fsp3) is 0.375. The van der Waals surface area contributed by atoms with Gasteiger partial charge in [0.15, 0.2) is 5.78 Å². The van der Waals surface area contributed by atoms with Crippen molar-refractivity contribution in [3.05, 3.63) is 36.0 Å². The Labute approximate surface area is 118 Å². The van der Waals surface area contributed by atoms with Crippen molar-refractivity contribution in [2.45, 2.75) is 39.7 Å². The molecule has 2 aromatic rings. The van der Waals surface area contributed by atoms with Gasteiger partial charge in [-0.2, -0.15) is 0 Å². The first-order chi connectivity index (χ1) is 9.33. The zero-order valence-corrected chi connectivity index (χ0v) is 12.3. The van der Waals surface area contributed by atoms with Crippen LogP contribution in [0.2, 0.25) is 0 Å². The van der Waals surface area contributed by atoms with Gasteiger partial charge in [0.2, 0.25) is 0 Å².